The van der Waals surface area contributed by atoms with Crippen LogP contribution in [0.2, 0.25) is 0 Å². The van der Waals surface area contributed by atoms with Crippen molar-refractivity contribution in [1.29, 1.82) is 0 Å². The van der Waals surface area contributed by atoms with Gasteiger partial charge in [-0.05, 0) is 66.2 Å². The van der Waals surface area contributed by atoms with Gasteiger partial charge in [-0.25, -0.2) is 0 Å². The SMILES string of the molecule is Cc1nc([N+](=O)[O-])n(C23CC4CC(CC(C4)C2)C3)n1. The minimum atomic E-state index is -0.376. The van der Waals surface area contributed by atoms with Crippen LogP contribution in [0.15, 0.2) is 0 Å². The van der Waals surface area contributed by atoms with Crippen molar-refractivity contribution in [2.75, 3.05) is 0 Å². The predicted molar refractivity (Wildman–Crippen MR) is 67.6 cm³/mol. The van der Waals surface area contributed by atoms with E-state index < -0.39 is 0 Å². The highest BCUT2D eigenvalue weighted by molar-refractivity contribution is 5.14. The number of nitrogens with zero attached hydrogens (tertiary/aromatic N) is 4. The molecule has 0 aliphatic heterocycles. The molecule has 1 heterocycles. The van der Waals surface area contributed by atoms with E-state index in [0.717, 1.165) is 37.0 Å². The summed E-state index contributed by atoms with van der Waals surface area (Å²) in [6.07, 6.45) is 7.14. The lowest BCUT2D eigenvalue weighted by Crippen LogP contribution is -2.52. The summed E-state index contributed by atoms with van der Waals surface area (Å²) >= 11 is 0. The lowest BCUT2D eigenvalue weighted by atomic mass is 9.53. The molecule has 1 aromatic rings. The molecule has 4 aliphatic rings. The van der Waals surface area contributed by atoms with Gasteiger partial charge in [0.1, 0.15) is 5.54 Å². The van der Waals surface area contributed by atoms with Gasteiger partial charge in [-0.15, -0.1) is 4.68 Å². The van der Waals surface area contributed by atoms with Gasteiger partial charge in [-0.2, -0.15) is 0 Å². The minimum Gasteiger partial charge on any atom is -0.390 e. The normalized spacial score (nSPS) is 39.7. The van der Waals surface area contributed by atoms with Crippen LogP contribution >= 0.6 is 0 Å². The maximum atomic E-state index is 11.2. The minimum absolute atomic E-state index is 0.0561. The van der Waals surface area contributed by atoms with Gasteiger partial charge in [-0.3, -0.25) is 0 Å². The third-order valence-corrected chi connectivity index (χ3v) is 5.31. The van der Waals surface area contributed by atoms with E-state index >= 15 is 0 Å². The first-order valence-electron chi connectivity index (χ1n) is 7.14. The third kappa shape index (κ3) is 1.55. The van der Waals surface area contributed by atoms with E-state index in [-0.39, 0.29) is 16.4 Å². The molecule has 6 nitrogen and oxygen atoms in total. The predicted octanol–water partition coefficient (Wildman–Crippen LogP) is 2.42. The van der Waals surface area contributed by atoms with Crippen LogP contribution in [0.3, 0.4) is 0 Å². The zero-order valence-electron chi connectivity index (χ0n) is 11.1. The van der Waals surface area contributed by atoms with E-state index in [9.17, 15) is 10.1 Å². The molecule has 5 rings (SSSR count). The van der Waals surface area contributed by atoms with Gasteiger partial charge in [0.05, 0.1) is 0 Å². The first-order chi connectivity index (χ1) is 9.06. The maximum Gasteiger partial charge on any atom is 0.456 e. The molecule has 0 amide bonds. The Hall–Kier alpha value is -1.46. The number of rotatable bonds is 2. The molecule has 0 aromatic carbocycles. The van der Waals surface area contributed by atoms with Crippen LogP contribution in [0.5, 0.6) is 0 Å². The van der Waals surface area contributed by atoms with Crippen molar-refractivity contribution >= 4 is 5.95 Å². The van der Waals surface area contributed by atoms with E-state index in [1.807, 2.05) is 0 Å². The fraction of sp³-hybridized carbons (Fsp3) is 0.846. The smallest absolute Gasteiger partial charge is 0.390 e. The summed E-state index contributed by atoms with van der Waals surface area (Å²) in [6.45, 7) is 1.74. The average Bonchev–Trinajstić information content (AvgIpc) is 2.70. The molecule has 0 N–H and O–H groups in total. The van der Waals surface area contributed by atoms with Crippen molar-refractivity contribution in [3.05, 3.63) is 15.9 Å². The third-order valence-electron chi connectivity index (χ3n) is 5.31. The Morgan fingerprint density at radius 1 is 1.21 bits per heavy atom. The molecule has 102 valence electrons. The summed E-state index contributed by atoms with van der Waals surface area (Å²) < 4.78 is 1.67. The molecule has 0 saturated heterocycles. The Labute approximate surface area is 111 Å². The molecule has 0 unspecified atom stereocenters. The van der Waals surface area contributed by atoms with E-state index in [0.29, 0.717) is 5.82 Å². The molecule has 6 heteroatoms. The van der Waals surface area contributed by atoms with Crippen LogP contribution in [-0.2, 0) is 5.54 Å². The number of hydrogen-bond donors (Lipinski definition) is 0. The first kappa shape index (κ1) is 11.4. The summed E-state index contributed by atoms with van der Waals surface area (Å²) in [4.78, 5) is 14.9. The van der Waals surface area contributed by atoms with Crippen LogP contribution in [0.1, 0.15) is 44.3 Å². The molecule has 4 aliphatic carbocycles. The number of hydrogen-bond acceptors (Lipinski definition) is 4. The summed E-state index contributed by atoms with van der Waals surface area (Å²) in [5.74, 6) is 2.70. The lowest BCUT2D eigenvalue weighted by molar-refractivity contribution is -0.399. The van der Waals surface area contributed by atoms with Gasteiger partial charge < -0.3 is 10.1 Å². The van der Waals surface area contributed by atoms with Gasteiger partial charge in [0.2, 0.25) is 5.82 Å². The van der Waals surface area contributed by atoms with Crippen molar-refractivity contribution in [1.82, 2.24) is 14.8 Å². The molecule has 4 bridgehead atoms. The van der Waals surface area contributed by atoms with E-state index in [1.54, 1.807) is 11.6 Å². The monoisotopic (exact) mass is 262 g/mol. The van der Waals surface area contributed by atoms with Crippen molar-refractivity contribution in [2.45, 2.75) is 51.0 Å². The van der Waals surface area contributed by atoms with Crippen LogP contribution in [0.25, 0.3) is 0 Å². The second-order valence-corrected chi connectivity index (χ2v) is 6.77. The van der Waals surface area contributed by atoms with Crippen LogP contribution in [-0.4, -0.2) is 19.7 Å². The van der Waals surface area contributed by atoms with Crippen LogP contribution in [0, 0.1) is 34.8 Å². The van der Waals surface area contributed by atoms with Crippen LogP contribution in [0.4, 0.5) is 5.95 Å². The number of aromatic nitrogens is 3. The summed E-state index contributed by atoms with van der Waals surface area (Å²) in [5, 5.41) is 15.6. The second-order valence-electron chi connectivity index (χ2n) is 6.77. The molecule has 0 atom stereocenters. The highest BCUT2D eigenvalue weighted by Crippen LogP contribution is 2.59. The van der Waals surface area contributed by atoms with Crippen molar-refractivity contribution in [2.24, 2.45) is 17.8 Å². The molecule has 19 heavy (non-hydrogen) atoms. The van der Waals surface area contributed by atoms with E-state index in [1.165, 1.54) is 19.3 Å². The standard InChI is InChI=1S/C13H18N4O2/c1-8-14-12(17(18)19)16(15-8)13-5-9-2-10(6-13)4-11(3-9)7-13/h9-11H,2-7H2,1H3. The fourth-order valence-corrected chi connectivity index (χ4v) is 5.16. The molecule has 4 saturated carbocycles. The Morgan fingerprint density at radius 3 is 2.21 bits per heavy atom. The van der Waals surface area contributed by atoms with Gasteiger partial charge >= 0.3 is 5.95 Å². The van der Waals surface area contributed by atoms with Gasteiger partial charge in [0, 0.05) is 6.92 Å². The molecular formula is C13H18N4O2. The maximum absolute atomic E-state index is 11.2. The van der Waals surface area contributed by atoms with Gasteiger partial charge in [-0.1, -0.05) is 5.10 Å². The van der Waals surface area contributed by atoms with Gasteiger partial charge in [0.25, 0.3) is 0 Å². The largest absolute Gasteiger partial charge is 0.456 e. The van der Waals surface area contributed by atoms with Gasteiger partial charge in [0.15, 0.2) is 0 Å². The lowest BCUT2D eigenvalue weighted by Gasteiger charge is -2.54. The number of nitro groups is 1. The molecule has 0 spiro atoms. The van der Waals surface area contributed by atoms with Crippen molar-refractivity contribution < 1.29 is 4.92 Å². The fourth-order valence-electron chi connectivity index (χ4n) is 5.16. The Balaban J connectivity index is 1.81. The molecule has 0 radical (unpaired) electrons. The average molecular weight is 262 g/mol. The van der Waals surface area contributed by atoms with Crippen molar-refractivity contribution in [3.63, 3.8) is 0 Å². The summed E-state index contributed by atoms with van der Waals surface area (Å²) in [6, 6.07) is 0. The Kier molecular flexibility index (Phi) is 2.13. The molecular weight excluding hydrogens is 244 g/mol. The zero-order chi connectivity index (χ0) is 13.2. The van der Waals surface area contributed by atoms with Crippen molar-refractivity contribution in [3.8, 4) is 0 Å². The van der Waals surface area contributed by atoms with E-state index in [4.69, 9.17) is 0 Å². The zero-order valence-corrected chi connectivity index (χ0v) is 11.1. The molecule has 4 fully saturated rings. The topological polar surface area (TPSA) is 73.8 Å². The number of aryl methyl sites for hydroxylation is 1. The first-order valence-corrected chi connectivity index (χ1v) is 7.14. The Morgan fingerprint density at radius 2 is 1.74 bits per heavy atom. The highest BCUT2D eigenvalue weighted by atomic mass is 16.6. The summed E-state index contributed by atoms with van der Waals surface area (Å²) in [5.41, 5.74) is -0.113. The second kappa shape index (κ2) is 3.55. The highest BCUT2D eigenvalue weighted by Gasteiger charge is 2.56. The molecule has 1 aromatic heterocycles. The summed E-state index contributed by atoms with van der Waals surface area (Å²) in [7, 11) is 0. The van der Waals surface area contributed by atoms with E-state index in [2.05, 4.69) is 10.1 Å². The Bertz CT molecular complexity index is 516. The van der Waals surface area contributed by atoms with Crippen LogP contribution < -0.4 is 0 Å². The quantitative estimate of drug-likeness (QED) is 0.606.